The SMILES string of the molecule is C=C(c1ccc(-c2cccc(N(C)S(=O)(=O)C3CC3)c2)cc1)N1CCN(C(=O)C2(C)CC2)CC1. The third-order valence-corrected chi connectivity index (χ3v) is 9.84. The molecule has 2 aliphatic carbocycles. The number of sulfonamides is 1. The Labute approximate surface area is 202 Å². The van der Waals surface area contributed by atoms with Crippen LogP contribution in [0.1, 0.15) is 38.2 Å². The fourth-order valence-corrected chi connectivity index (χ4v) is 6.20. The molecular weight excluding hydrogens is 446 g/mol. The van der Waals surface area contributed by atoms with E-state index in [1.165, 1.54) is 4.31 Å². The van der Waals surface area contributed by atoms with Gasteiger partial charge in [0.05, 0.1) is 10.9 Å². The number of amides is 1. The normalized spacial score (nSPS) is 19.6. The number of benzene rings is 2. The number of anilines is 1. The zero-order chi connectivity index (χ0) is 24.1. The summed E-state index contributed by atoms with van der Waals surface area (Å²) >= 11 is 0. The van der Waals surface area contributed by atoms with Crippen molar-refractivity contribution in [3.63, 3.8) is 0 Å². The van der Waals surface area contributed by atoms with E-state index >= 15 is 0 Å². The Kier molecular flexibility index (Phi) is 5.71. The van der Waals surface area contributed by atoms with Crippen LogP contribution >= 0.6 is 0 Å². The van der Waals surface area contributed by atoms with E-state index in [4.69, 9.17) is 0 Å². The van der Waals surface area contributed by atoms with E-state index in [2.05, 4.69) is 42.7 Å². The quantitative estimate of drug-likeness (QED) is 0.597. The summed E-state index contributed by atoms with van der Waals surface area (Å²) in [5.74, 6) is 0.305. The van der Waals surface area contributed by atoms with Crippen molar-refractivity contribution >= 4 is 27.3 Å². The molecule has 34 heavy (non-hydrogen) atoms. The first kappa shape index (κ1) is 23.0. The fraction of sp³-hybridized carbons (Fsp3) is 0.444. The number of carbonyl (C=O) groups excluding carboxylic acids is 1. The van der Waals surface area contributed by atoms with Crippen molar-refractivity contribution in [1.29, 1.82) is 0 Å². The Morgan fingerprint density at radius 3 is 2.18 bits per heavy atom. The highest BCUT2D eigenvalue weighted by Gasteiger charge is 2.47. The van der Waals surface area contributed by atoms with Gasteiger partial charge >= 0.3 is 0 Å². The van der Waals surface area contributed by atoms with Crippen LogP contribution in [0.15, 0.2) is 55.1 Å². The van der Waals surface area contributed by atoms with Gasteiger partial charge in [-0.3, -0.25) is 9.10 Å². The standard InChI is InChI=1S/C27H33N3O3S/c1-20(29-15-17-30(18-16-29)26(31)27(2)13-14-27)21-7-9-22(10-8-21)23-5-4-6-24(19-23)28(3)34(32,33)25-11-12-25/h4-10,19,25H,1,11-18H2,2-3H3. The van der Waals surface area contributed by atoms with Gasteiger partial charge in [0.1, 0.15) is 0 Å². The molecule has 0 bridgehead atoms. The predicted molar refractivity (Wildman–Crippen MR) is 137 cm³/mol. The first-order chi connectivity index (χ1) is 16.2. The molecule has 7 heteroatoms. The van der Waals surface area contributed by atoms with Crippen molar-refractivity contribution < 1.29 is 13.2 Å². The van der Waals surface area contributed by atoms with Gasteiger partial charge in [0.2, 0.25) is 15.9 Å². The van der Waals surface area contributed by atoms with E-state index in [-0.39, 0.29) is 10.7 Å². The van der Waals surface area contributed by atoms with E-state index in [1.54, 1.807) is 7.05 Å². The largest absolute Gasteiger partial charge is 0.368 e. The molecule has 1 aliphatic heterocycles. The highest BCUT2D eigenvalue weighted by Crippen LogP contribution is 2.46. The summed E-state index contributed by atoms with van der Waals surface area (Å²) in [7, 11) is -1.63. The van der Waals surface area contributed by atoms with Gasteiger partial charge in [-0.2, -0.15) is 0 Å². The minimum Gasteiger partial charge on any atom is -0.368 e. The summed E-state index contributed by atoms with van der Waals surface area (Å²) < 4.78 is 26.6. The van der Waals surface area contributed by atoms with Crippen molar-refractivity contribution in [3.05, 3.63) is 60.7 Å². The molecule has 1 heterocycles. The van der Waals surface area contributed by atoms with Gasteiger partial charge < -0.3 is 9.80 Å². The Morgan fingerprint density at radius 1 is 0.971 bits per heavy atom. The maximum atomic E-state index is 12.6. The van der Waals surface area contributed by atoms with Gasteiger partial charge in [-0.15, -0.1) is 0 Å². The molecule has 1 amide bonds. The molecule has 0 radical (unpaired) electrons. The number of hydrogen-bond acceptors (Lipinski definition) is 4. The number of carbonyl (C=O) groups is 1. The van der Waals surface area contributed by atoms with Crippen molar-refractivity contribution in [2.75, 3.05) is 37.5 Å². The summed E-state index contributed by atoms with van der Waals surface area (Å²) in [6.07, 6.45) is 3.53. The summed E-state index contributed by atoms with van der Waals surface area (Å²) in [5, 5.41) is -0.233. The van der Waals surface area contributed by atoms with Gasteiger partial charge in [0.15, 0.2) is 0 Å². The topological polar surface area (TPSA) is 60.9 Å². The molecule has 0 atom stereocenters. The number of piperazine rings is 1. The predicted octanol–water partition coefficient (Wildman–Crippen LogP) is 4.20. The molecule has 3 aliphatic rings. The highest BCUT2D eigenvalue weighted by atomic mass is 32.2. The minimum atomic E-state index is -3.27. The molecule has 2 aromatic rings. The number of hydrogen-bond donors (Lipinski definition) is 0. The molecule has 1 saturated heterocycles. The fourth-order valence-electron chi connectivity index (χ4n) is 4.62. The second-order valence-corrected chi connectivity index (χ2v) is 12.4. The lowest BCUT2D eigenvalue weighted by Gasteiger charge is -2.38. The van der Waals surface area contributed by atoms with E-state index in [0.717, 1.165) is 74.2 Å². The molecule has 0 aromatic heterocycles. The Bertz CT molecular complexity index is 1210. The van der Waals surface area contributed by atoms with E-state index < -0.39 is 10.0 Å². The van der Waals surface area contributed by atoms with Gasteiger partial charge in [-0.05, 0) is 54.5 Å². The minimum absolute atomic E-state index is 0.108. The van der Waals surface area contributed by atoms with Crippen LogP contribution in [0.4, 0.5) is 5.69 Å². The summed E-state index contributed by atoms with van der Waals surface area (Å²) in [4.78, 5) is 16.9. The average molecular weight is 480 g/mol. The smallest absolute Gasteiger partial charge is 0.237 e. The zero-order valence-corrected chi connectivity index (χ0v) is 20.9. The molecule has 5 rings (SSSR count). The molecule has 0 N–H and O–H groups in total. The number of rotatable bonds is 7. The third kappa shape index (κ3) is 4.33. The van der Waals surface area contributed by atoms with E-state index in [0.29, 0.717) is 11.6 Å². The molecule has 3 fully saturated rings. The second kappa shape index (κ2) is 8.45. The average Bonchev–Trinajstić information content (AvgIpc) is 3.79. The molecular formula is C27H33N3O3S. The summed E-state index contributed by atoms with van der Waals surface area (Å²) in [5.41, 5.74) is 4.62. The van der Waals surface area contributed by atoms with Gasteiger partial charge in [0, 0.05) is 44.3 Å². The molecule has 0 unspecified atom stereocenters. The lowest BCUT2D eigenvalue weighted by atomic mass is 10.0. The van der Waals surface area contributed by atoms with Gasteiger partial charge in [-0.1, -0.05) is 49.9 Å². The first-order valence-electron chi connectivity index (χ1n) is 12.1. The monoisotopic (exact) mass is 479 g/mol. The van der Waals surface area contributed by atoms with Crippen LogP contribution in [0.2, 0.25) is 0 Å². The molecule has 2 saturated carbocycles. The molecule has 6 nitrogen and oxygen atoms in total. The van der Waals surface area contributed by atoms with Crippen LogP contribution in [0.25, 0.3) is 16.8 Å². The van der Waals surface area contributed by atoms with Crippen LogP contribution in [0.3, 0.4) is 0 Å². The van der Waals surface area contributed by atoms with Crippen LogP contribution in [0.5, 0.6) is 0 Å². The van der Waals surface area contributed by atoms with Gasteiger partial charge in [0.25, 0.3) is 0 Å². The summed E-state index contributed by atoms with van der Waals surface area (Å²) in [6.45, 7) is 9.48. The van der Waals surface area contributed by atoms with E-state index in [1.807, 2.05) is 29.2 Å². The zero-order valence-electron chi connectivity index (χ0n) is 20.0. The Balaban J connectivity index is 1.24. The Morgan fingerprint density at radius 2 is 1.59 bits per heavy atom. The Hall–Kier alpha value is -2.80. The lowest BCUT2D eigenvalue weighted by Crippen LogP contribution is -2.49. The van der Waals surface area contributed by atoms with Crippen LogP contribution in [0, 0.1) is 5.41 Å². The maximum absolute atomic E-state index is 12.6. The third-order valence-electron chi connectivity index (χ3n) is 7.55. The summed E-state index contributed by atoms with van der Waals surface area (Å²) in [6, 6.07) is 15.9. The van der Waals surface area contributed by atoms with Crippen molar-refractivity contribution in [1.82, 2.24) is 9.80 Å². The maximum Gasteiger partial charge on any atom is 0.237 e. The van der Waals surface area contributed by atoms with E-state index in [9.17, 15) is 13.2 Å². The van der Waals surface area contributed by atoms with Crippen LogP contribution in [-0.4, -0.2) is 62.6 Å². The molecule has 2 aromatic carbocycles. The van der Waals surface area contributed by atoms with Crippen LogP contribution < -0.4 is 4.31 Å². The lowest BCUT2D eigenvalue weighted by molar-refractivity contribution is -0.137. The van der Waals surface area contributed by atoms with Crippen LogP contribution in [-0.2, 0) is 14.8 Å². The first-order valence-corrected chi connectivity index (χ1v) is 13.6. The number of nitrogens with zero attached hydrogens (tertiary/aromatic N) is 3. The van der Waals surface area contributed by atoms with Crippen molar-refractivity contribution in [2.24, 2.45) is 5.41 Å². The second-order valence-electron chi connectivity index (χ2n) is 10.1. The molecule has 180 valence electrons. The molecule has 0 spiro atoms. The van der Waals surface area contributed by atoms with Crippen molar-refractivity contribution in [2.45, 2.75) is 37.9 Å². The highest BCUT2D eigenvalue weighted by molar-refractivity contribution is 7.93. The van der Waals surface area contributed by atoms with Gasteiger partial charge in [-0.25, -0.2) is 8.42 Å². The van der Waals surface area contributed by atoms with Crippen molar-refractivity contribution in [3.8, 4) is 11.1 Å².